The van der Waals surface area contributed by atoms with Crippen LogP contribution < -0.4 is 25.1 Å². The van der Waals surface area contributed by atoms with E-state index in [2.05, 4.69) is 15.8 Å². The van der Waals surface area contributed by atoms with E-state index in [4.69, 9.17) is 14.2 Å². The van der Waals surface area contributed by atoms with Crippen LogP contribution in [0.3, 0.4) is 0 Å². The van der Waals surface area contributed by atoms with Gasteiger partial charge in [0.15, 0.2) is 11.5 Å². The third-order valence-electron chi connectivity index (χ3n) is 3.63. The van der Waals surface area contributed by atoms with E-state index in [1.54, 1.807) is 24.3 Å². The maximum atomic E-state index is 12.5. The third-order valence-corrected chi connectivity index (χ3v) is 3.63. The Morgan fingerprint density at radius 3 is 1.86 bits per heavy atom. The molecule has 0 aliphatic heterocycles. The summed E-state index contributed by atoms with van der Waals surface area (Å²) in [5, 5.41) is 0. The van der Waals surface area contributed by atoms with Crippen LogP contribution in [0.5, 0.6) is 17.2 Å². The highest BCUT2D eigenvalue weighted by Crippen LogP contribution is 2.39. The Hall–Kier alpha value is -3.29. The highest BCUT2D eigenvalue weighted by atomic mass is 16.5. The van der Waals surface area contributed by atoms with Gasteiger partial charge in [0.2, 0.25) is 5.75 Å². The third kappa shape index (κ3) is 5.35. The van der Waals surface area contributed by atoms with Crippen molar-refractivity contribution in [2.75, 3.05) is 19.8 Å². The van der Waals surface area contributed by atoms with Crippen LogP contribution in [0.4, 0.5) is 0 Å². The molecule has 0 saturated heterocycles. The van der Waals surface area contributed by atoms with Crippen LogP contribution in [-0.4, -0.2) is 36.6 Å². The Balaban J connectivity index is 2.18. The molecule has 28 heavy (non-hydrogen) atoms. The summed E-state index contributed by atoms with van der Waals surface area (Å²) in [5.41, 5.74) is 6.14. The number of amides is 2. The molecule has 2 rings (SSSR count). The van der Waals surface area contributed by atoms with Gasteiger partial charge in [-0.25, -0.2) is 0 Å². The molecule has 0 unspecified atom stereocenters. The highest BCUT2D eigenvalue weighted by Gasteiger charge is 2.19. The molecule has 1 aromatic carbocycles. The number of aryl methyl sites for hydroxylation is 1. The quantitative estimate of drug-likeness (QED) is 0.676. The molecule has 1 heterocycles. The Morgan fingerprint density at radius 2 is 1.39 bits per heavy atom. The van der Waals surface area contributed by atoms with Gasteiger partial charge in [-0.05, 0) is 52.0 Å². The standard InChI is InChI=1S/C20H25N3O5/c1-5-26-16-10-15(11-17(27-6-2)18(16)28-7-3)20(25)23-22-19(24)14-9-8-13(4)21-12-14/h8-12H,5-7H2,1-4H3,(H,22,24)(H,23,25). The summed E-state index contributed by atoms with van der Waals surface area (Å²) in [6, 6.07) is 6.44. The van der Waals surface area contributed by atoms with E-state index >= 15 is 0 Å². The number of hydrazine groups is 1. The second-order valence-corrected chi connectivity index (χ2v) is 5.70. The number of nitrogens with zero attached hydrogens (tertiary/aromatic N) is 1. The van der Waals surface area contributed by atoms with Crippen molar-refractivity contribution in [2.24, 2.45) is 0 Å². The second kappa shape index (κ2) is 10.1. The van der Waals surface area contributed by atoms with Crippen LogP contribution >= 0.6 is 0 Å². The molecular formula is C20H25N3O5. The Labute approximate surface area is 164 Å². The molecule has 1 aromatic heterocycles. The van der Waals surface area contributed by atoms with Crippen LogP contribution in [0.1, 0.15) is 47.2 Å². The molecule has 0 fully saturated rings. The number of nitrogens with one attached hydrogen (secondary N) is 2. The first-order valence-corrected chi connectivity index (χ1v) is 9.09. The number of ether oxygens (including phenoxy) is 3. The number of hydrogen-bond donors (Lipinski definition) is 2. The lowest BCUT2D eigenvalue weighted by Crippen LogP contribution is -2.41. The molecule has 2 amide bonds. The largest absolute Gasteiger partial charge is 0.490 e. The number of carbonyl (C=O) groups is 2. The van der Waals surface area contributed by atoms with Gasteiger partial charge in [-0.1, -0.05) is 0 Å². The summed E-state index contributed by atoms with van der Waals surface area (Å²) in [5.74, 6) is 0.252. The van der Waals surface area contributed by atoms with Gasteiger partial charge in [0, 0.05) is 17.5 Å². The molecule has 8 heteroatoms. The van der Waals surface area contributed by atoms with E-state index in [9.17, 15) is 9.59 Å². The van der Waals surface area contributed by atoms with Crippen LogP contribution in [-0.2, 0) is 0 Å². The maximum absolute atomic E-state index is 12.5. The summed E-state index contributed by atoms with van der Waals surface area (Å²) in [6.45, 7) is 8.55. The van der Waals surface area contributed by atoms with Gasteiger partial charge in [-0.2, -0.15) is 0 Å². The SMILES string of the molecule is CCOc1cc(C(=O)NNC(=O)c2ccc(C)nc2)cc(OCC)c1OCC. The highest BCUT2D eigenvalue weighted by molar-refractivity contribution is 5.99. The lowest BCUT2D eigenvalue weighted by atomic mass is 10.1. The molecule has 0 radical (unpaired) electrons. The molecular weight excluding hydrogens is 362 g/mol. The summed E-state index contributed by atoms with van der Waals surface area (Å²) in [7, 11) is 0. The second-order valence-electron chi connectivity index (χ2n) is 5.70. The van der Waals surface area contributed by atoms with Gasteiger partial charge in [0.05, 0.1) is 25.4 Å². The lowest BCUT2D eigenvalue weighted by Gasteiger charge is -2.17. The van der Waals surface area contributed by atoms with E-state index in [0.717, 1.165) is 5.69 Å². The van der Waals surface area contributed by atoms with E-state index in [-0.39, 0.29) is 5.56 Å². The van der Waals surface area contributed by atoms with Crippen molar-refractivity contribution in [1.82, 2.24) is 15.8 Å². The predicted octanol–water partition coefficient (Wildman–Crippen LogP) is 2.66. The van der Waals surface area contributed by atoms with Gasteiger partial charge in [0.25, 0.3) is 11.8 Å². The molecule has 0 aliphatic rings. The van der Waals surface area contributed by atoms with Crippen molar-refractivity contribution in [1.29, 1.82) is 0 Å². The topological polar surface area (TPSA) is 98.8 Å². The minimum absolute atomic E-state index is 0.262. The van der Waals surface area contributed by atoms with Crippen LogP contribution in [0.25, 0.3) is 0 Å². The fourth-order valence-electron chi connectivity index (χ4n) is 2.38. The van der Waals surface area contributed by atoms with Crippen molar-refractivity contribution >= 4 is 11.8 Å². The molecule has 2 aromatic rings. The predicted molar refractivity (Wildman–Crippen MR) is 104 cm³/mol. The molecule has 8 nitrogen and oxygen atoms in total. The zero-order chi connectivity index (χ0) is 20.5. The molecule has 0 aliphatic carbocycles. The first-order valence-electron chi connectivity index (χ1n) is 9.09. The number of carbonyl (C=O) groups excluding carboxylic acids is 2. The van der Waals surface area contributed by atoms with Crippen LogP contribution in [0.2, 0.25) is 0 Å². The van der Waals surface area contributed by atoms with Crippen molar-refractivity contribution in [3.05, 3.63) is 47.3 Å². The molecule has 2 N–H and O–H groups in total. The molecule has 0 saturated carbocycles. The van der Waals surface area contributed by atoms with Gasteiger partial charge < -0.3 is 14.2 Å². The van der Waals surface area contributed by atoms with Crippen molar-refractivity contribution in [3.8, 4) is 17.2 Å². The lowest BCUT2D eigenvalue weighted by molar-refractivity contribution is 0.0846. The summed E-state index contributed by atoms with van der Waals surface area (Å²) in [6.07, 6.45) is 1.44. The van der Waals surface area contributed by atoms with E-state index in [1.807, 2.05) is 27.7 Å². The van der Waals surface area contributed by atoms with E-state index < -0.39 is 11.8 Å². The molecule has 0 spiro atoms. The molecule has 0 atom stereocenters. The fraction of sp³-hybridized carbons (Fsp3) is 0.350. The minimum atomic E-state index is -0.515. The zero-order valence-electron chi connectivity index (χ0n) is 16.5. The smallest absolute Gasteiger partial charge is 0.271 e. The van der Waals surface area contributed by atoms with E-state index in [0.29, 0.717) is 42.6 Å². The van der Waals surface area contributed by atoms with Gasteiger partial charge >= 0.3 is 0 Å². The number of aromatic nitrogens is 1. The van der Waals surface area contributed by atoms with Crippen LogP contribution in [0, 0.1) is 6.92 Å². The Kier molecular flexibility index (Phi) is 7.62. The molecule has 150 valence electrons. The van der Waals surface area contributed by atoms with Crippen molar-refractivity contribution < 1.29 is 23.8 Å². The monoisotopic (exact) mass is 387 g/mol. The fourth-order valence-corrected chi connectivity index (χ4v) is 2.38. The number of benzene rings is 1. The number of pyridine rings is 1. The van der Waals surface area contributed by atoms with Gasteiger partial charge in [0.1, 0.15) is 0 Å². The van der Waals surface area contributed by atoms with Gasteiger partial charge in [-0.3, -0.25) is 25.4 Å². The Morgan fingerprint density at radius 1 is 0.857 bits per heavy atom. The van der Waals surface area contributed by atoms with Crippen molar-refractivity contribution in [2.45, 2.75) is 27.7 Å². The zero-order valence-corrected chi connectivity index (χ0v) is 16.5. The Bertz CT molecular complexity index is 794. The number of hydrogen-bond acceptors (Lipinski definition) is 6. The van der Waals surface area contributed by atoms with Gasteiger partial charge in [-0.15, -0.1) is 0 Å². The normalized spacial score (nSPS) is 10.1. The van der Waals surface area contributed by atoms with Crippen LogP contribution in [0.15, 0.2) is 30.5 Å². The first kappa shape index (κ1) is 21.0. The van der Waals surface area contributed by atoms with Crippen molar-refractivity contribution in [3.63, 3.8) is 0 Å². The maximum Gasteiger partial charge on any atom is 0.271 e. The number of rotatable bonds is 8. The minimum Gasteiger partial charge on any atom is -0.490 e. The summed E-state index contributed by atoms with van der Waals surface area (Å²) >= 11 is 0. The average molecular weight is 387 g/mol. The average Bonchev–Trinajstić information content (AvgIpc) is 2.69. The summed E-state index contributed by atoms with van der Waals surface area (Å²) < 4.78 is 16.8. The summed E-state index contributed by atoms with van der Waals surface area (Å²) in [4.78, 5) is 28.7. The van der Waals surface area contributed by atoms with E-state index in [1.165, 1.54) is 6.20 Å². The first-order chi connectivity index (χ1) is 13.5. The molecule has 0 bridgehead atoms.